The summed E-state index contributed by atoms with van der Waals surface area (Å²) in [4.78, 5) is 29.9. The second-order valence-corrected chi connectivity index (χ2v) is 22.5. The summed E-state index contributed by atoms with van der Waals surface area (Å²) in [5, 5.41) is 77.6. The molecule has 18 atom stereocenters. The van der Waals surface area contributed by atoms with E-state index in [9.17, 15) is 35.1 Å². The minimum absolute atomic E-state index is 0.0972. The number of aryl methyl sites for hydroxylation is 1. The number of aliphatic hydroxyl groups is 6. The Kier molecular flexibility index (Phi) is 22.0. The SMILES string of the molecule is CC[C@H]1OC(=O)[C@H](C)[C@@H](O[C@H]2C[C@@](C)(OC)[C@@H](O)[C@H](C)O2)[C@H](C)[C@@H](O[C@@H]2O[C@H](C)C[C@H](N(C)Cc3cccc(-c4cn(CCCCCCC(=O)CO)nn4)c3)[C@H]2O)[C@](C)(O)C[C@@H](C)CN(C)[C@H](C)[C@@H](O)[C@]1(C)O. The predicted octanol–water partition coefficient (Wildman–Crippen LogP) is 4.24. The van der Waals surface area contributed by atoms with E-state index in [0.717, 1.165) is 42.5 Å². The van der Waals surface area contributed by atoms with Crippen LogP contribution in [-0.4, -0.2) is 192 Å². The fourth-order valence-electron chi connectivity index (χ4n) is 11.5. The highest BCUT2D eigenvalue weighted by Gasteiger charge is 2.53. The maximum Gasteiger partial charge on any atom is 0.311 e. The topological polar surface area (TPSA) is 248 Å². The molecule has 1 aromatic carbocycles. The van der Waals surface area contributed by atoms with Crippen LogP contribution in [0.1, 0.15) is 133 Å². The van der Waals surface area contributed by atoms with Gasteiger partial charge in [0.05, 0.1) is 47.7 Å². The number of methoxy groups -OCH3 is 1. The monoisotopic (exact) mass is 1030 g/mol. The Morgan fingerprint density at radius 2 is 1.66 bits per heavy atom. The second kappa shape index (κ2) is 26.4. The minimum atomic E-state index is -1.84. The number of ketones is 1. The number of ether oxygens (including phenoxy) is 6. The fraction of sp³-hybridized carbons (Fsp3) is 0.815. The molecular formula is C54H91N5O14. The third kappa shape index (κ3) is 15.4. The van der Waals surface area contributed by atoms with Crippen LogP contribution in [0.25, 0.3) is 11.3 Å². The van der Waals surface area contributed by atoms with Gasteiger partial charge in [-0.1, -0.05) is 57.0 Å². The molecule has 3 fully saturated rings. The van der Waals surface area contributed by atoms with E-state index in [1.807, 2.05) is 68.8 Å². The van der Waals surface area contributed by atoms with Crippen molar-refractivity contribution in [1.29, 1.82) is 0 Å². The number of unbranched alkanes of at least 4 members (excludes halogenated alkanes) is 3. The quantitative estimate of drug-likeness (QED) is 0.0903. The van der Waals surface area contributed by atoms with Gasteiger partial charge in [0.25, 0.3) is 0 Å². The molecule has 6 N–H and O–H groups in total. The van der Waals surface area contributed by atoms with Crippen LogP contribution in [0.2, 0.25) is 0 Å². The lowest BCUT2D eigenvalue weighted by Crippen LogP contribution is -2.60. The van der Waals surface area contributed by atoms with E-state index in [1.54, 1.807) is 41.5 Å². The number of likely N-dealkylation sites (N-methyl/N-ethyl adjacent to an activating group) is 2. The van der Waals surface area contributed by atoms with Crippen molar-refractivity contribution in [2.24, 2.45) is 17.8 Å². The lowest BCUT2D eigenvalue weighted by molar-refractivity contribution is -0.318. The number of benzene rings is 1. The molecule has 19 heteroatoms. The van der Waals surface area contributed by atoms with Crippen molar-refractivity contribution in [2.75, 3.05) is 34.4 Å². The number of aliphatic hydroxyl groups excluding tert-OH is 4. The van der Waals surface area contributed by atoms with Crippen LogP contribution in [0.3, 0.4) is 0 Å². The van der Waals surface area contributed by atoms with Crippen LogP contribution in [0.15, 0.2) is 30.5 Å². The molecule has 2 aromatic rings. The smallest absolute Gasteiger partial charge is 0.311 e. The molecule has 3 aliphatic heterocycles. The highest BCUT2D eigenvalue weighted by molar-refractivity contribution is 5.79. The Balaban J connectivity index is 1.42. The van der Waals surface area contributed by atoms with E-state index >= 15 is 0 Å². The van der Waals surface area contributed by atoms with Crippen molar-refractivity contribution in [1.82, 2.24) is 24.8 Å². The van der Waals surface area contributed by atoms with Crippen LogP contribution in [0.5, 0.6) is 0 Å². The van der Waals surface area contributed by atoms with Crippen molar-refractivity contribution < 1.29 is 68.6 Å². The summed E-state index contributed by atoms with van der Waals surface area (Å²) in [6.07, 6.45) is -3.36. The molecule has 3 saturated heterocycles. The Labute approximate surface area is 433 Å². The molecule has 4 heterocycles. The molecule has 0 spiro atoms. The molecule has 0 unspecified atom stereocenters. The lowest BCUT2D eigenvalue weighted by atomic mass is 9.77. The van der Waals surface area contributed by atoms with E-state index in [-0.39, 0.29) is 37.1 Å². The van der Waals surface area contributed by atoms with Crippen LogP contribution in [0.4, 0.5) is 0 Å². The van der Waals surface area contributed by atoms with Crippen LogP contribution in [-0.2, 0) is 51.1 Å². The van der Waals surface area contributed by atoms with Crippen molar-refractivity contribution in [3.8, 4) is 11.3 Å². The minimum Gasteiger partial charge on any atom is -0.459 e. The molecule has 1 aromatic heterocycles. The molecule has 0 radical (unpaired) electrons. The number of cyclic esters (lactones) is 1. The van der Waals surface area contributed by atoms with Gasteiger partial charge in [0.2, 0.25) is 0 Å². The van der Waals surface area contributed by atoms with Crippen LogP contribution in [0, 0.1) is 17.8 Å². The first-order valence-electron chi connectivity index (χ1n) is 26.7. The average molecular weight is 1030 g/mol. The molecule has 0 amide bonds. The van der Waals surface area contributed by atoms with Gasteiger partial charge in [0, 0.05) is 63.2 Å². The predicted molar refractivity (Wildman–Crippen MR) is 273 cm³/mol. The summed E-state index contributed by atoms with van der Waals surface area (Å²) < 4.78 is 40.2. The summed E-state index contributed by atoms with van der Waals surface area (Å²) in [7, 11) is 5.29. The normalized spacial score (nSPS) is 38.7. The Bertz CT molecular complexity index is 2040. The summed E-state index contributed by atoms with van der Waals surface area (Å²) in [6, 6.07) is 7.01. The largest absolute Gasteiger partial charge is 0.459 e. The maximum atomic E-state index is 14.5. The Hall–Kier alpha value is -3.02. The molecule has 0 bridgehead atoms. The second-order valence-electron chi connectivity index (χ2n) is 22.5. The standard InChI is InChI=1S/C54H91N5O14/c1-14-43-54(10,67)47(63)36(6)57(11)28-32(2)26-52(8,66)49(34(4)46(35(5)50(65)71-43)72-44-27-53(9,68-13)48(64)37(7)70-44)73-51-45(62)42(24-33(3)69-51)58(12)29-38-20-19-21-39(25-38)41-30-59(56-55-41)23-18-16-15-17-22-40(61)31-60/h19-21,25,30,32-37,42-49,51,60,62-64,66-67H,14-18,22-24,26-29,31H2,1-13H3/t32-,33-,34+,35-,36-,37+,42+,43-,44+,45-,46+,47-,48+,49-,51+,52-,53-,54-/m1/s1. The van der Waals surface area contributed by atoms with Gasteiger partial charge in [0.1, 0.15) is 42.3 Å². The van der Waals surface area contributed by atoms with Gasteiger partial charge in [-0.2, -0.15) is 0 Å². The van der Waals surface area contributed by atoms with Gasteiger partial charge in [-0.3, -0.25) is 19.2 Å². The van der Waals surface area contributed by atoms with Gasteiger partial charge in [0.15, 0.2) is 18.4 Å². The molecule has 0 saturated carbocycles. The lowest BCUT2D eigenvalue weighted by Gasteiger charge is -2.49. The van der Waals surface area contributed by atoms with Gasteiger partial charge in [-0.25, -0.2) is 0 Å². The van der Waals surface area contributed by atoms with Crippen molar-refractivity contribution in [3.05, 3.63) is 36.0 Å². The van der Waals surface area contributed by atoms with Crippen molar-refractivity contribution >= 4 is 11.8 Å². The third-order valence-electron chi connectivity index (χ3n) is 16.1. The number of Topliss-reactive ketones (excluding diaryl/α,β-unsaturated/α-hetero) is 1. The summed E-state index contributed by atoms with van der Waals surface area (Å²) >= 11 is 0. The maximum absolute atomic E-state index is 14.5. The first kappa shape index (κ1) is 60.8. The zero-order valence-corrected chi connectivity index (χ0v) is 45.9. The van der Waals surface area contributed by atoms with Gasteiger partial charge in [-0.05, 0) is 112 Å². The van der Waals surface area contributed by atoms with E-state index < -0.39 is 109 Å². The fourth-order valence-corrected chi connectivity index (χ4v) is 11.5. The number of rotatable bonds is 18. The number of hydrogen-bond acceptors (Lipinski definition) is 18. The first-order valence-corrected chi connectivity index (χ1v) is 26.7. The number of nitrogens with zero attached hydrogens (tertiary/aromatic N) is 5. The number of esters is 1. The first-order chi connectivity index (χ1) is 34.3. The zero-order valence-electron chi connectivity index (χ0n) is 45.9. The molecule has 0 aliphatic carbocycles. The Morgan fingerprint density at radius 1 is 0.959 bits per heavy atom. The summed E-state index contributed by atoms with van der Waals surface area (Å²) in [5.74, 6) is -2.94. The molecule has 416 valence electrons. The number of aromatic nitrogens is 3. The van der Waals surface area contributed by atoms with Crippen molar-refractivity contribution in [3.63, 3.8) is 0 Å². The molecule has 19 nitrogen and oxygen atoms in total. The van der Waals surface area contributed by atoms with E-state index in [4.69, 9.17) is 33.5 Å². The highest BCUT2D eigenvalue weighted by Crippen LogP contribution is 2.40. The van der Waals surface area contributed by atoms with Gasteiger partial charge >= 0.3 is 5.97 Å². The van der Waals surface area contributed by atoms with E-state index in [1.165, 1.54) is 14.0 Å². The third-order valence-corrected chi connectivity index (χ3v) is 16.1. The van der Waals surface area contributed by atoms with Crippen LogP contribution >= 0.6 is 0 Å². The molecule has 3 aliphatic rings. The summed E-state index contributed by atoms with van der Waals surface area (Å²) in [6.45, 7) is 18.7. The summed E-state index contributed by atoms with van der Waals surface area (Å²) in [5.41, 5.74) is -1.93. The highest BCUT2D eigenvalue weighted by atomic mass is 16.7. The average Bonchev–Trinajstić information content (AvgIpc) is 3.82. The Morgan fingerprint density at radius 3 is 2.33 bits per heavy atom. The van der Waals surface area contributed by atoms with Gasteiger partial charge < -0.3 is 64.0 Å². The van der Waals surface area contributed by atoms with Crippen LogP contribution < -0.4 is 0 Å². The number of carbonyl (C=O) groups is 2. The van der Waals surface area contributed by atoms with E-state index in [0.29, 0.717) is 32.5 Å². The molecular weight excluding hydrogens is 943 g/mol. The molecule has 5 rings (SSSR count). The molecule has 73 heavy (non-hydrogen) atoms. The number of carbonyl (C=O) groups excluding carboxylic acids is 2. The van der Waals surface area contributed by atoms with Crippen molar-refractivity contribution in [2.45, 2.75) is 230 Å². The van der Waals surface area contributed by atoms with Gasteiger partial charge in [-0.15, -0.1) is 5.10 Å². The zero-order chi connectivity index (χ0) is 54.2. The number of hydrogen-bond donors (Lipinski definition) is 6. The van der Waals surface area contributed by atoms with E-state index in [2.05, 4.69) is 21.3 Å².